The Kier molecular flexibility index (Phi) is 5.95. The van der Waals surface area contributed by atoms with Crippen LogP contribution < -0.4 is 9.47 Å². The lowest BCUT2D eigenvalue weighted by Crippen LogP contribution is -2.29. The lowest BCUT2D eigenvalue weighted by atomic mass is 10.0. The number of ether oxygens (including phenoxy) is 2. The molecule has 0 radical (unpaired) electrons. The summed E-state index contributed by atoms with van der Waals surface area (Å²) >= 11 is 7.24. The number of benzene rings is 1. The van der Waals surface area contributed by atoms with E-state index in [9.17, 15) is 5.11 Å². The molecule has 0 spiro atoms. The van der Waals surface area contributed by atoms with Gasteiger partial charge < -0.3 is 14.6 Å². The number of halogens is 1. The van der Waals surface area contributed by atoms with E-state index in [2.05, 4.69) is 22.9 Å². The molecule has 1 saturated heterocycles. The van der Waals surface area contributed by atoms with Crippen molar-refractivity contribution in [3.8, 4) is 11.5 Å². The van der Waals surface area contributed by atoms with Crippen LogP contribution in [0.15, 0.2) is 16.6 Å². The predicted molar refractivity (Wildman–Crippen MR) is 90.4 cm³/mol. The molecule has 1 aliphatic rings. The largest absolute Gasteiger partial charge is 0.495 e. The van der Waals surface area contributed by atoms with E-state index in [1.54, 1.807) is 14.2 Å². The fourth-order valence-electron chi connectivity index (χ4n) is 2.32. The van der Waals surface area contributed by atoms with E-state index in [-0.39, 0.29) is 5.25 Å². The van der Waals surface area contributed by atoms with E-state index in [0.29, 0.717) is 16.7 Å². The van der Waals surface area contributed by atoms with Crippen LogP contribution in [0.3, 0.4) is 0 Å². The van der Waals surface area contributed by atoms with Gasteiger partial charge in [0.15, 0.2) is 0 Å². The van der Waals surface area contributed by atoms with Crippen LogP contribution in [0, 0.1) is 0 Å². The molecule has 0 aromatic heterocycles. The molecule has 3 atom stereocenters. The van der Waals surface area contributed by atoms with Gasteiger partial charge in [0.2, 0.25) is 0 Å². The minimum absolute atomic E-state index is 0.183. The van der Waals surface area contributed by atoms with Gasteiger partial charge in [-0.15, -0.1) is 0 Å². The molecular formula is C14H19BrO3S2. The van der Waals surface area contributed by atoms with Crippen molar-refractivity contribution < 1.29 is 14.6 Å². The predicted octanol–water partition coefficient (Wildman–Crippen LogP) is 3.74. The second-order valence-corrected chi connectivity index (χ2v) is 8.12. The van der Waals surface area contributed by atoms with Gasteiger partial charge in [-0.05, 0) is 28.1 Å². The monoisotopic (exact) mass is 378 g/mol. The molecule has 0 amide bonds. The fourth-order valence-corrected chi connectivity index (χ4v) is 5.83. The lowest BCUT2D eigenvalue weighted by Gasteiger charge is -2.32. The Morgan fingerprint density at radius 2 is 1.95 bits per heavy atom. The Morgan fingerprint density at radius 1 is 1.25 bits per heavy atom. The number of aliphatic hydroxyl groups is 1. The van der Waals surface area contributed by atoms with Gasteiger partial charge in [-0.2, -0.15) is 23.5 Å². The van der Waals surface area contributed by atoms with E-state index < -0.39 is 6.10 Å². The zero-order chi connectivity index (χ0) is 14.7. The Bertz CT molecular complexity index is 470. The topological polar surface area (TPSA) is 38.7 Å². The number of thioether (sulfide) groups is 2. The second kappa shape index (κ2) is 7.29. The van der Waals surface area contributed by atoms with Gasteiger partial charge in [0.05, 0.1) is 20.3 Å². The number of hydrogen-bond donors (Lipinski definition) is 1. The van der Waals surface area contributed by atoms with Gasteiger partial charge in [-0.25, -0.2) is 0 Å². The number of hydrogen-bond acceptors (Lipinski definition) is 5. The van der Waals surface area contributed by atoms with Crippen LogP contribution in [0.25, 0.3) is 0 Å². The first-order valence-corrected chi connectivity index (χ1v) is 9.30. The summed E-state index contributed by atoms with van der Waals surface area (Å²) < 4.78 is 11.5. The van der Waals surface area contributed by atoms with Gasteiger partial charge >= 0.3 is 0 Å². The number of rotatable bonds is 4. The third-order valence-electron chi connectivity index (χ3n) is 3.38. The van der Waals surface area contributed by atoms with Crippen molar-refractivity contribution in [2.75, 3.05) is 25.7 Å². The van der Waals surface area contributed by atoms with Crippen molar-refractivity contribution in [2.45, 2.75) is 23.5 Å². The highest BCUT2D eigenvalue weighted by Crippen LogP contribution is 2.45. The molecule has 1 aromatic rings. The highest BCUT2D eigenvalue weighted by Gasteiger charge is 2.32. The molecule has 2 rings (SSSR count). The Hall–Kier alpha value is -0.0400. The van der Waals surface area contributed by atoms with Crippen LogP contribution in [0.5, 0.6) is 11.5 Å². The maximum absolute atomic E-state index is 10.7. The summed E-state index contributed by atoms with van der Waals surface area (Å²) in [6.45, 7) is 2.18. The molecule has 3 nitrogen and oxygen atoms in total. The van der Waals surface area contributed by atoms with Crippen LogP contribution in [0.2, 0.25) is 0 Å². The molecule has 20 heavy (non-hydrogen) atoms. The molecule has 1 aliphatic heterocycles. The minimum Gasteiger partial charge on any atom is -0.495 e. The van der Waals surface area contributed by atoms with E-state index in [0.717, 1.165) is 21.5 Å². The summed E-state index contributed by atoms with van der Waals surface area (Å²) in [6, 6.07) is 3.75. The summed E-state index contributed by atoms with van der Waals surface area (Å²) in [6.07, 6.45) is -0.542. The van der Waals surface area contributed by atoms with Crippen molar-refractivity contribution in [3.63, 3.8) is 0 Å². The third kappa shape index (κ3) is 3.24. The van der Waals surface area contributed by atoms with Gasteiger partial charge in [0, 0.05) is 27.6 Å². The molecule has 1 aromatic carbocycles. The maximum atomic E-state index is 10.7. The van der Waals surface area contributed by atoms with Crippen LogP contribution >= 0.6 is 39.5 Å². The van der Waals surface area contributed by atoms with Crippen molar-refractivity contribution >= 4 is 39.5 Å². The fraction of sp³-hybridized carbons (Fsp3) is 0.571. The molecule has 3 unspecified atom stereocenters. The van der Waals surface area contributed by atoms with Crippen molar-refractivity contribution in [1.29, 1.82) is 0 Å². The second-order valence-electron chi connectivity index (χ2n) is 4.56. The quantitative estimate of drug-likeness (QED) is 0.863. The summed E-state index contributed by atoms with van der Waals surface area (Å²) in [7, 11) is 3.23. The van der Waals surface area contributed by atoms with Crippen LogP contribution in [0.1, 0.15) is 18.6 Å². The molecule has 6 heteroatoms. The van der Waals surface area contributed by atoms with E-state index in [1.165, 1.54) is 0 Å². The van der Waals surface area contributed by atoms with Crippen molar-refractivity contribution in [1.82, 2.24) is 0 Å². The number of aliphatic hydroxyl groups excluding tert-OH is 1. The SMILES string of the molecule is COc1ccc(C(O)C2SCCSC2C)c(OC)c1Br. The summed E-state index contributed by atoms with van der Waals surface area (Å²) in [4.78, 5) is 0. The zero-order valence-corrected chi connectivity index (χ0v) is 15.0. The van der Waals surface area contributed by atoms with Gasteiger partial charge in [0.1, 0.15) is 16.0 Å². The molecule has 0 aliphatic carbocycles. The average Bonchev–Trinajstić information content (AvgIpc) is 2.46. The maximum Gasteiger partial charge on any atom is 0.142 e. The average molecular weight is 379 g/mol. The van der Waals surface area contributed by atoms with Crippen LogP contribution in [-0.2, 0) is 0 Å². The summed E-state index contributed by atoms with van der Waals surface area (Å²) in [5.74, 6) is 3.59. The Labute approximate surface area is 136 Å². The first-order valence-electron chi connectivity index (χ1n) is 6.41. The normalized spacial score (nSPS) is 24.2. The highest BCUT2D eigenvalue weighted by molar-refractivity contribution is 9.10. The standard InChI is InChI=1S/C14H19BrO3S2/c1-8-14(20-7-6-19-8)12(16)9-4-5-10(17-2)11(15)13(9)18-3/h4-5,8,12,14,16H,6-7H2,1-3H3. The summed E-state index contributed by atoms with van der Waals surface area (Å²) in [5, 5.41) is 11.3. The summed E-state index contributed by atoms with van der Waals surface area (Å²) in [5.41, 5.74) is 0.812. The molecule has 1 heterocycles. The molecule has 112 valence electrons. The van der Waals surface area contributed by atoms with Gasteiger partial charge in [-0.1, -0.05) is 6.92 Å². The molecular weight excluding hydrogens is 360 g/mol. The lowest BCUT2D eigenvalue weighted by molar-refractivity contribution is 0.169. The van der Waals surface area contributed by atoms with Gasteiger partial charge in [-0.3, -0.25) is 0 Å². The molecule has 0 saturated carbocycles. The first-order chi connectivity index (χ1) is 9.60. The molecule has 0 bridgehead atoms. The van der Waals surface area contributed by atoms with E-state index >= 15 is 0 Å². The highest BCUT2D eigenvalue weighted by atomic mass is 79.9. The molecule has 1 fully saturated rings. The first kappa shape index (κ1) is 16.3. The van der Waals surface area contributed by atoms with E-state index in [4.69, 9.17) is 9.47 Å². The Morgan fingerprint density at radius 3 is 2.55 bits per heavy atom. The van der Waals surface area contributed by atoms with Crippen LogP contribution in [-0.4, -0.2) is 41.3 Å². The zero-order valence-electron chi connectivity index (χ0n) is 11.8. The third-order valence-corrected chi connectivity index (χ3v) is 7.31. The van der Waals surface area contributed by atoms with E-state index in [1.807, 2.05) is 35.7 Å². The smallest absolute Gasteiger partial charge is 0.142 e. The van der Waals surface area contributed by atoms with Crippen molar-refractivity contribution in [2.24, 2.45) is 0 Å². The Balaban J connectivity index is 2.33. The minimum atomic E-state index is -0.542. The van der Waals surface area contributed by atoms with Crippen LogP contribution in [0.4, 0.5) is 0 Å². The number of methoxy groups -OCH3 is 2. The van der Waals surface area contributed by atoms with Gasteiger partial charge in [0.25, 0.3) is 0 Å². The molecule has 1 N–H and O–H groups in total. The van der Waals surface area contributed by atoms with Crippen molar-refractivity contribution in [3.05, 3.63) is 22.2 Å².